The highest BCUT2D eigenvalue weighted by molar-refractivity contribution is 5.94. The predicted octanol–water partition coefficient (Wildman–Crippen LogP) is 2.67. The first-order valence-corrected chi connectivity index (χ1v) is 9.25. The van der Waals surface area contributed by atoms with Crippen molar-refractivity contribution in [2.75, 3.05) is 36.4 Å². The molecular weight excluding hydrogens is 316 g/mol. The Morgan fingerprint density at radius 1 is 1.28 bits per heavy atom. The van der Waals surface area contributed by atoms with Crippen LogP contribution in [0.2, 0.25) is 0 Å². The molecule has 2 fully saturated rings. The first-order chi connectivity index (χ1) is 12.0. The summed E-state index contributed by atoms with van der Waals surface area (Å²) in [4.78, 5) is 29.0. The van der Waals surface area contributed by atoms with E-state index in [9.17, 15) is 9.59 Å². The number of carbonyl (C=O) groups excluding carboxylic acids is 2. The van der Waals surface area contributed by atoms with Crippen LogP contribution in [0.5, 0.6) is 0 Å². The van der Waals surface area contributed by atoms with E-state index in [1.165, 1.54) is 12.8 Å². The van der Waals surface area contributed by atoms with Gasteiger partial charge in [-0.2, -0.15) is 0 Å². The number of amides is 3. The van der Waals surface area contributed by atoms with Crippen LogP contribution in [0.15, 0.2) is 24.3 Å². The molecule has 2 heterocycles. The second-order valence-corrected chi connectivity index (χ2v) is 7.30. The largest absolute Gasteiger partial charge is 0.371 e. The number of anilines is 2. The second-order valence-electron chi connectivity index (χ2n) is 7.30. The van der Waals surface area contributed by atoms with Gasteiger partial charge in [-0.3, -0.25) is 4.79 Å². The summed E-state index contributed by atoms with van der Waals surface area (Å²) in [5.41, 5.74) is 1.93. The molecule has 3 amide bonds. The van der Waals surface area contributed by atoms with E-state index in [0.717, 1.165) is 24.5 Å². The normalized spacial score (nSPS) is 20.8. The van der Waals surface area contributed by atoms with Gasteiger partial charge in [0.05, 0.1) is 0 Å². The minimum Gasteiger partial charge on any atom is -0.371 e. The number of hydrogen-bond donors (Lipinski definition) is 2. The van der Waals surface area contributed by atoms with Gasteiger partial charge in [-0.1, -0.05) is 19.9 Å². The highest BCUT2D eigenvalue weighted by atomic mass is 16.2. The summed E-state index contributed by atoms with van der Waals surface area (Å²) in [5.74, 6) is 0.295. The Balaban J connectivity index is 1.70. The lowest BCUT2D eigenvalue weighted by atomic mass is 10.0. The van der Waals surface area contributed by atoms with Crippen LogP contribution in [0.1, 0.15) is 33.1 Å². The summed E-state index contributed by atoms with van der Waals surface area (Å²) < 4.78 is 0. The first-order valence-electron chi connectivity index (χ1n) is 9.25. The summed E-state index contributed by atoms with van der Waals surface area (Å²) in [5, 5.41) is 5.84. The van der Waals surface area contributed by atoms with Crippen molar-refractivity contribution in [2.45, 2.75) is 39.2 Å². The summed E-state index contributed by atoms with van der Waals surface area (Å²) in [6.07, 6.45) is 3.11. The van der Waals surface area contributed by atoms with Gasteiger partial charge in [-0.25, -0.2) is 4.79 Å². The molecule has 6 nitrogen and oxygen atoms in total. The lowest BCUT2D eigenvalue weighted by Gasteiger charge is -2.35. The maximum absolute atomic E-state index is 12.8. The highest BCUT2D eigenvalue weighted by Gasteiger charge is 2.33. The summed E-state index contributed by atoms with van der Waals surface area (Å²) in [6, 6.07) is 7.38. The summed E-state index contributed by atoms with van der Waals surface area (Å²) >= 11 is 0. The van der Waals surface area contributed by atoms with Crippen LogP contribution < -0.4 is 15.5 Å². The number of rotatable bonds is 4. The van der Waals surface area contributed by atoms with Crippen LogP contribution in [-0.2, 0) is 4.79 Å². The van der Waals surface area contributed by atoms with Crippen LogP contribution in [0.25, 0.3) is 0 Å². The van der Waals surface area contributed by atoms with Crippen molar-refractivity contribution in [3.63, 3.8) is 0 Å². The zero-order valence-corrected chi connectivity index (χ0v) is 15.1. The van der Waals surface area contributed by atoms with Crippen molar-refractivity contribution < 1.29 is 9.59 Å². The van der Waals surface area contributed by atoms with Gasteiger partial charge < -0.3 is 20.4 Å². The fourth-order valence-corrected chi connectivity index (χ4v) is 3.59. The van der Waals surface area contributed by atoms with Gasteiger partial charge in [0, 0.05) is 37.6 Å². The molecule has 0 aliphatic carbocycles. The van der Waals surface area contributed by atoms with Gasteiger partial charge in [0.25, 0.3) is 0 Å². The average molecular weight is 344 g/mol. The quantitative estimate of drug-likeness (QED) is 0.883. The Kier molecular flexibility index (Phi) is 5.46. The van der Waals surface area contributed by atoms with Crippen LogP contribution in [0.4, 0.5) is 16.2 Å². The number of piperazine rings is 1. The minimum absolute atomic E-state index is 0.0547. The van der Waals surface area contributed by atoms with Gasteiger partial charge in [-0.15, -0.1) is 0 Å². The van der Waals surface area contributed by atoms with Crippen LogP contribution in [0, 0.1) is 5.92 Å². The number of nitrogens with one attached hydrogen (secondary N) is 2. The summed E-state index contributed by atoms with van der Waals surface area (Å²) in [7, 11) is 0. The molecule has 2 N–H and O–H groups in total. The van der Waals surface area contributed by atoms with Crippen LogP contribution >= 0.6 is 0 Å². The molecular formula is C19H28N4O2. The van der Waals surface area contributed by atoms with Crippen molar-refractivity contribution in [3.05, 3.63) is 24.3 Å². The molecule has 0 bridgehead atoms. The van der Waals surface area contributed by atoms with Gasteiger partial charge in [0.15, 0.2) is 0 Å². The van der Waals surface area contributed by atoms with Crippen molar-refractivity contribution in [3.8, 4) is 0 Å². The number of hydrogen-bond acceptors (Lipinski definition) is 3. The predicted molar refractivity (Wildman–Crippen MR) is 99.9 cm³/mol. The second kappa shape index (κ2) is 7.76. The SMILES string of the molecule is CC(C)CC1C(=O)NCCN1C(=O)Nc1cccc(N2CCCC2)c1. The van der Waals surface area contributed by atoms with E-state index >= 15 is 0 Å². The van der Waals surface area contributed by atoms with E-state index < -0.39 is 6.04 Å². The zero-order valence-electron chi connectivity index (χ0n) is 15.1. The third-order valence-corrected chi connectivity index (χ3v) is 4.85. The molecule has 1 atom stereocenters. The van der Waals surface area contributed by atoms with Crippen molar-refractivity contribution in [1.29, 1.82) is 0 Å². The topological polar surface area (TPSA) is 64.7 Å². The Bertz CT molecular complexity index is 626. The van der Waals surface area contributed by atoms with Crippen molar-refractivity contribution in [1.82, 2.24) is 10.2 Å². The number of benzene rings is 1. The number of urea groups is 1. The number of nitrogens with zero attached hydrogens (tertiary/aromatic N) is 2. The number of carbonyl (C=O) groups is 2. The Morgan fingerprint density at radius 2 is 2.04 bits per heavy atom. The van der Waals surface area contributed by atoms with Gasteiger partial charge >= 0.3 is 6.03 Å². The lowest BCUT2D eigenvalue weighted by molar-refractivity contribution is -0.128. The summed E-state index contributed by atoms with van der Waals surface area (Å²) in [6.45, 7) is 7.32. The molecule has 3 rings (SSSR count). The van der Waals surface area contributed by atoms with E-state index in [1.807, 2.05) is 18.2 Å². The molecule has 0 radical (unpaired) electrons. The van der Waals surface area contributed by atoms with Gasteiger partial charge in [-0.05, 0) is 43.4 Å². The standard InChI is InChI=1S/C19H28N4O2/c1-14(2)12-17-18(24)20-8-11-23(17)19(25)21-15-6-5-7-16(13-15)22-9-3-4-10-22/h5-7,13-14,17H,3-4,8-12H2,1-2H3,(H,20,24)(H,21,25). The molecule has 2 aliphatic heterocycles. The monoisotopic (exact) mass is 344 g/mol. The molecule has 1 unspecified atom stereocenters. The molecule has 1 aromatic rings. The highest BCUT2D eigenvalue weighted by Crippen LogP contribution is 2.24. The third kappa shape index (κ3) is 4.24. The molecule has 0 spiro atoms. The average Bonchev–Trinajstić information content (AvgIpc) is 3.11. The molecule has 136 valence electrons. The Labute approximate surface area is 149 Å². The van der Waals surface area contributed by atoms with Crippen molar-refractivity contribution >= 4 is 23.3 Å². The molecule has 25 heavy (non-hydrogen) atoms. The molecule has 2 aliphatic rings. The van der Waals surface area contributed by atoms with E-state index in [0.29, 0.717) is 25.4 Å². The smallest absolute Gasteiger partial charge is 0.322 e. The maximum Gasteiger partial charge on any atom is 0.322 e. The Hall–Kier alpha value is -2.24. The Morgan fingerprint density at radius 3 is 2.76 bits per heavy atom. The van der Waals surface area contributed by atoms with E-state index in [4.69, 9.17) is 0 Å². The van der Waals surface area contributed by atoms with E-state index in [2.05, 4.69) is 35.4 Å². The first kappa shape index (κ1) is 17.6. The molecule has 2 saturated heterocycles. The van der Waals surface area contributed by atoms with E-state index in [-0.39, 0.29) is 11.9 Å². The van der Waals surface area contributed by atoms with Gasteiger partial charge in [0.2, 0.25) is 5.91 Å². The van der Waals surface area contributed by atoms with Gasteiger partial charge in [0.1, 0.15) is 6.04 Å². The third-order valence-electron chi connectivity index (χ3n) is 4.85. The fourth-order valence-electron chi connectivity index (χ4n) is 3.59. The van der Waals surface area contributed by atoms with Crippen molar-refractivity contribution in [2.24, 2.45) is 5.92 Å². The van der Waals surface area contributed by atoms with Crippen LogP contribution in [0.3, 0.4) is 0 Å². The molecule has 0 saturated carbocycles. The molecule has 6 heteroatoms. The minimum atomic E-state index is -0.393. The maximum atomic E-state index is 12.8. The molecule has 0 aromatic heterocycles. The molecule has 1 aromatic carbocycles. The van der Waals surface area contributed by atoms with Crippen LogP contribution in [-0.4, -0.2) is 49.1 Å². The fraction of sp³-hybridized carbons (Fsp3) is 0.579. The lowest BCUT2D eigenvalue weighted by Crippen LogP contribution is -2.58. The zero-order chi connectivity index (χ0) is 17.8. The van der Waals surface area contributed by atoms with E-state index in [1.54, 1.807) is 4.90 Å².